The summed E-state index contributed by atoms with van der Waals surface area (Å²) in [7, 11) is 4.12. The summed E-state index contributed by atoms with van der Waals surface area (Å²) < 4.78 is 0. The van der Waals surface area contributed by atoms with Crippen LogP contribution >= 0.6 is 0 Å². The average Bonchev–Trinajstić information content (AvgIpc) is 2.46. The van der Waals surface area contributed by atoms with Gasteiger partial charge in [0.15, 0.2) is 0 Å². The molecule has 3 N–H and O–H groups in total. The van der Waals surface area contributed by atoms with Crippen molar-refractivity contribution >= 4 is 11.6 Å². The molecular weight excluding hydrogens is 264 g/mol. The van der Waals surface area contributed by atoms with Crippen LogP contribution in [0.2, 0.25) is 0 Å². The summed E-state index contributed by atoms with van der Waals surface area (Å²) in [4.78, 5) is 16.5. The summed E-state index contributed by atoms with van der Waals surface area (Å²) in [6.45, 7) is 5.77. The molecule has 0 radical (unpaired) electrons. The van der Waals surface area contributed by atoms with E-state index in [1.54, 1.807) is 0 Å². The number of nitrogens with two attached hydrogens (primary N) is 1. The summed E-state index contributed by atoms with van der Waals surface area (Å²) in [5, 5.41) is 2.95. The number of hydrogen-bond donors (Lipinski definition) is 2. The van der Waals surface area contributed by atoms with E-state index in [9.17, 15) is 4.79 Å². The van der Waals surface area contributed by atoms with Crippen LogP contribution in [0.1, 0.15) is 18.9 Å². The van der Waals surface area contributed by atoms with Gasteiger partial charge >= 0.3 is 0 Å². The van der Waals surface area contributed by atoms with Crippen molar-refractivity contribution in [2.45, 2.75) is 19.9 Å². The highest BCUT2D eigenvalue weighted by atomic mass is 16.2. The second-order valence-corrected chi connectivity index (χ2v) is 5.44. The zero-order valence-electron chi connectivity index (χ0n) is 13.4. The van der Waals surface area contributed by atoms with Gasteiger partial charge in [0, 0.05) is 12.2 Å². The number of hydrogen-bond acceptors (Lipinski definition) is 4. The number of anilines is 1. The second kappa shape index (κ2) is 9.50. The molecule has 0 bridgehead atoms. The molecule has 0 atom stereocenters. The summed E-state index contributed by atoms with van der Waals surface area (Å²) in [5.41, 5.74) is 7.46. The maximum atomic E-state index is 12.1. The molecule has 0 saturated heterocycles. The molecular formula is C16H28N4O. The van der Waals surface area contributed by atoms with Crippen molar-refractivity contribution in [2.24, 2.45) is 5.73 Å². The third-order valence-electron chi connectivity index (χ3n) is 3.41. The minimum atomic E-state index is 0.0163. The first kappa shape index (κ1) is 17.6. The predicted octanol–water partition coefficient (Wildman–Crippen LogP) is 1.36. The lowest BCUT2D eigenvalue weighted by atomic mass is 10.2. The first-order valence-electron chi connectivity index (χ1n) is 7.51. The monoisotopic (exact) mass is 292 g/mol. The molecule has 0 aliphatic heterocycles. The topological polar surface area (TPSA) is 61.6 Å². The molecule has 0 aliphatic rings. The van der Waals surface area contributed by atoms with E-state index in [1.807, 2.05) is 24.3 Å². The van der Waals surface area contributed by atoms with Crippen molar-refractivity contribution in [1.29, 1.82) is 0 Å². The molecule has 5 heteroatoms. The Kier molecular flexibility index (Phi) is 7.97. The predicted molar refractivity (Wildman–Crippen MR) is 88.2 cm³/mol. The number of rotatable bonds is 9. The number of amides is 1. The fourth-order valence-electron chi connectivity index (χ4n) is 2.17. The quantitative estimate of drug-likeness (QED) is 0.721. The van der Waals surface area contributed by atoms with Crippen LogP contribution in [0.3, 0.4) is 0 Å². The van der Waals surface area contributed by atoms with E-state index in [-0.39, 0.29) is 5.91 Å². The standard InChI is InChI=1S/C16H28N4O/c1-4-20(11-7-10-19(2)3)13-16(21)18-15-9-6-5-8-14(15)12-17/h5-6,8-9H,4,7,10-13,17H2,1-3H3,(H,18,21). The third kappa shape index (κ3) is 6.71. The number of para-hydroxylation sites is 1. The highest BCUT2D eigenvalue weighted by Gasteiger charge is 2.10. The van der Waals surface area contributed by atoms with Crippen molar-refractivity contribution in [3.05, 3.63) is 29.8 Å². The van der Waals surface area contributed by atoms with E-state index in [4.69, 9.17) is 5.73 Å². The fourth-order valence-corrected chi connectivity index (χ4v) is 2.17. The van der Waals surface area contributed by atoms with E-state index in [0.29, 0.717) is 13.1 Å². The van der Waals surface area contributed by atoms with Gasteiger partial charge in [-0.2, -0.15) is 0 Å². The molecule has 0 saturated carbocycles. The molecule has 1 amide bonds. The molecule has 0 spiro atoms. The summed E-state index contributed by atoms with van der Waals surface area (Å²) >= 11 is 0. The number of likely N-dealkylation sites (N-methyl/N-ethyl adjacent to an activating group) is 1. The lowest BCUT2D eigenvalue weighted by Gasteiger charge is -2.21. The number of nitrogens with one attached hydrogen (secondary N) is 1. The molecule has 0 heterocycles. The first-order chi connectivity index (χ1) is 10.1. The molecule has 21 heavy (non-hydrogen) atoms. The fraction of sp³-hybridized carbons (Fsp3) is 0.562. The summed E-state index contributed by atoms with van der Waals surface area (Å²) in [6, 6.07) is 7.66. The van der Waals surface area contributed by atoms with Crippen molar-refractivity contribution in [2.75, 3.05) is 45.6 Å². The van der Waals surface area contributed by atoms with Crippen molar-refractivity contribution in [3.8, 4) is 0 Å². The molecule has 0 aliphatic carbocycles. The van der Waals surface area contributed by atoms with Crippen LogP contribution < -0.4 is 11.1 Å². The largest absolute Gasteiger partial charge is 0.326 e. The van der Waals surface area contributed by atoms with Gasteiger partial charge in [-0.05, 0) is 51.8 Å². The minimum absolute atomic E-state index is 0.0163. The number of carbonyl (C=O) groups is 1. The van der Waals surface area contributed by atoms with E-state index in [1.165, 1.54) is 0 Å². The van der Waals surface area contributed by atoms with E-state index < -0.39 is 0 Å². The van der Waals surface area contributed by atoms with Crippen LogP contribution in [0.4, 0.5) is 5.69 Å². The normalized spacial score (nSPS) is 11.1. The van der Waals surface area contributed by atoms with E-state index in [2.05, 4.69) is 36.1 Å². The zero-order valence-corrected chi connectivity index (χ0v) is 13.4. The first-order valence-corrected chi connectivity index (χ1v) is 7.51. The Bertz CT molecular complexity index is 434. The Morgan fingerprint density at radius 3 is 2.57 bits per heavy atom. The second-order valence-electron chi connectivity index (χ2n) is 5.44. The van der Waals surface area contributed by atoms with Gasteiger partial charge in [-0.3, -0.25) is 9.69 Å². The molecule has 0 aromatic heterocycles. The van der Waals surface area contributed by atoms with Gasteiger partial charge in [-0.25, -0.2) is 0 Å². The number of carbonyl (C=O) groups excluding carboxylic acids is 1. The average molecular weight is 292 g/mol. The number of benzene rings is 1. The van der Waals surface area contributed by atoms with Crippen molar-refractivity contribution in [3.63, 3.8) is 0 Å². The van der Waals surface area contributed by atoms with Gasteiger partial charge in [-0.15, -0.1) is 0 Å². The Balaban J connectivity index is 2.47. The van der Waals surface area contributed by atoms with Gasteiger partial charge < -0.3 is 16.0 Å². The summed E-state index contributed by atoms with van der Waals surface area (Å²) in [6.07, 6.45) is 1.06. The molecule has 0 unspecified atom stereocenters. The van der Waals surface area contributed by atoms with Gasteiger partial charge in [0.1, 0.15) is 0 Å². The minimum Gasteiger partial charge on any atom is -0.326 e. The van der Waals surface area contributed by atoms with Crippen LogP contribution in [-0.4, -0.2) is 56.0 Å². The Hall–Kier alpha value is -1.43. The van der Waals surface area contributed by atoms with Gasteiger partial charge in [0.05, 0.1) is 6.54 Å². The third-order valence-corrected chi connectivity index (χ3v) is 3.41. The van der Waals surface area contributed by atoms with Crippen molar-refractivity contribution in [1.82, 2.24) is 9.80 Å². The lowest BCUT2D eigenvalue weighted by Crippen LogP contribution is -2.35. The van der Waals surface area contributed by atoms with Crippen molar-refractivity contribution < 1.29 is 4.79 Å². The van der Waals surface area contributed by atoms with E-state index in [0.717, 1.165) is 37.3 Å². The maximum Gasteiger partial charge on any atom is 0.238 e. The van der Waals surface area contributed by atoms with Gasteiger partial charge in [-0.1, -0.05) is 25.1 Å². The molecule has 118 valence electrons. The molecule has 5 nitrogen and oxygen atoms in total. The smallest absolute Gasteiger partial charge is 0.238 e. The number of nitrogens with zero attached hydrogens (tertiary/aromatic N) is 2. The molecule has 1 aromatic rings. The summed E-state index contributed by atoms with van der Waals surface area (Å²) in [5.74, 6) is 0.0163. The molecule has 1 rings (SSSR count). The Morgan fingerprint density at radius 2 is 1.95 bits per heavy atom. The van der Waals surface area contributed by atoms with Crippen LogP contribution in [0, 0.1) is 0 Å². The molecule has 0 fully saturated rings. The Morgan fingerprint density at radius 1 is 1.24 bits per heavy atom. The van der Waals surface area contributed by atoms with Crippen LogP contribution in [0.25, 0.3) is 0 Å². The SMILES string of the molecule is CCN(CCCN(C)C)CC(=O)Nc1ccccc1CN. The van der Waals surface area contributed by atoms with E-state index >= 15 is 0 Å². The van der Waals surface area contributed by atoms with Crippen LogP contribution in [0.15, 0.2) is 24.3 Å². The maximum absolute atomic E-state index is 12.1. The van der Waals surface area contributed by atoms with Gasteiger partial charge in [0.25, 0.3) is 0 Å². The van der Waals surface area contributed by atoms with Gasteiger partial charge in [0.2, 0.25) is 5.91 Å². The van der Waals surface area contributed by atoms with Crippen LogP contribution in [-0.2, 0) is 11.3 Å². The lowest BCUT2D eigenvalue weighted by molar-refractivity contribution is -0.117. The Labute approximate surface area is 128 Å². The zero-order chi connectivity index (χ0) is 15.7. The highest BCUT2D eigenvalue weighted by Crippen LogP contribution is 2.13. The molecule has 1 aromatic carbocycles. The van der Waals surface area contributed by atoms with Crippen LogP contribution in [0.5, 0.6) is 0 Å². The highest BCUT2D eigenvalue weighted by molar-refractivity contribution is 5.92.